The summed E-state index contributed by atoms with van der Waals surface area (Å²) in [5, 5.41) is 2.16. The van der Waals surface area contributed by atoms with Crippen LogP contribution in [0.2, 0.25) is 0 Å². The van der Waals surface area contributed by atoms with E-state index in [0.717, 1.165) is 78.2 Å². The van der Waals surface area contributed by atoms with Gasteiger partial charge in [0.25, 0.3) is 0 Å². The number of hydrogen-bond acceptors (Lipinski definition) is 4. The molecule has 152 valence electrons. The summed E-state index contributed by atoms with van der Waals surface area (Å²) in [5.74, 6) is 2.17. The molecular weight excluding hydrogens is 362 g/mol. The van der Waals surface area contributed by atoms with E-state index in [-0.39, 0.29) is 11.7 Å². The highest BCUT2D eigenvalue weighted by Crippen LogP contribution is 2.26. The van der Waals surface area contributed by atoms with Crippen molar-refractivity contribution in [3.8, 4) is 5.75 Å². The third-order valence-electron chi connectivity index (χ3n) is 5.95. The van der Waals surface area contributed by atoms with Crippen LogP contribution in [-0.2, 0) is 13.0 Å². The number of carbonyl (C=O) groups excluding carboxylic acids is 1. The molecule has 3 aromatic rings. The molecule has 1 atom stereocenters. The van der Waals surface area contributed by atoms with E-state index in [2.05, 4.69) is 23.7 Å². The fourth-order valence-electron chi connectivity index (χ4n) is 4.25. The minimum Gasteiger partial charge on any atom is -0.497 e. The summed E-state index contributed by atoms with van der Waals surface area (Å²) in [4.78, 5) is 23.6. The van der Waals surface area contributed by atoms with Crippen LogP contribution in [-0.4, -0.2) is 40.9 Å². The Labute approximate surface area is 172 Å². The average molecular weight is 392 g/mol. The van der Waals surface area contributed by atoms with Gasteiger partial charge in [-0.25, -0.2) is 4.98 Å². The Hall–Kier alpha value is -2.66. The number of benzene rings is 2. The van der Waals surface area contributed by atoms with Crippen molar-refractivity contribution in [1.29, 1.82) is 0 Å². The van der Waals surface area contributed by atoms with Gasteiger partial charge in [-0.05, 0) is 55.3 Å². The number of nitrogens with zero attached hydrogens (tertiary/aromatic N) is 2. The Balaban J connectivity index is 1.48. The van der Waals surface area contributed by atoms with E-state index in [4.69, 9.17) is 9.72 Å². The molecule has 1 aliphatic rings. The van der Waals surface area contributed by atoms with Crippen LogP contribution in [0.4, 0.5) is 0 Å². The molecule has 1 aromatic heterocycles. The van der Waals surface area contributed by atoms with Crippen LogP contribution in [0.25, 0.3) is 10.8 Å². The highest BCUT2D eigenvalue weighted by molar-refractivity contribution is 6.01. The Morgan fingerprint density at radius 1 is 1.24 bits per heavy atom. The summed E-state index contributed by atoms with van der Waals surface area (Å²) in [6.07, 6.45) is 2.91. The molecule has 1 saturated heterocycles. The maximum atomic E-state index is 13.2. The van der Waals surface area contributed by atoms with Crippen molar-refractivity contribution in [1.82, 2.24) is 14.9 Å². The fourth-order valence-corrected chi connectivity index (χ4v) is 4.25. The number of ketones is 1. The summed E-state index contributed by atoms with van der Waals surface area (Å²) in [5.41, 5.74) is 3.05. The van der Waals surface area contributed by atoms with Gasteiger partial charge in [-0.1, -0.05) is 25.1 Å². The molecule has 1 unspecified atom stereocenters. The molecule has 0 spiro atoms. The van der Waals surface area contributed by atoms with Crippen molar-refractivity contribution in [2.24, 2.45) is 5.92 Å². The summed E-state index contributed by atoms with van der Waals surface area (Å²) in [7, 11) is 1.67. The number of aromatic amines is 1. The zero-order chi connectivity index (χ0) is 20.4. The predicted octanol–water partition coefficient (Wildman–Crippen LogP) is 4.54. The van der Waals surface area contributed by atoms with Crippen LogP contribution in [0.15, 0.2) is 36.4 Å². The van der Waals surface area contributed by atoms with E-state index in [0.29, 0.717) is 0 Å². The molecule has 5 heteroatoms. The maximum Gasteiger partial charge on any atom is 0.167 e. The molecule has 4 rings (SSSR count). The number of nitrogens with one attached hydrogen (secondary N) is 1. The van der Waals surface area contributed by atoms with E-state index >= 15 is 0 Å². The number of methoxy groups -OCH3 is 1. The molecule has 0 bridgehead atoms. The molecule has 2 heterocycles. The van der Waals surface area contributed by atoms with Gasteiger partial charge in [-0.15, -0.1) is 0 Å². The molecular formula is C24H29N3O2. The number of hydrogen-bond donors (Lipinski definition) is 1. The third-order valence-corrected chi connectivity index (χ3v) is 5.95. The van der Waals surface area contributed by atoms with Crippen molar-refractivity contribution in [3.63, 3.8) is 0 Å². The van der Waals surface area contributed by atoms with Crippen LogP contribution >= 0.6 is 0 Å². The van der Waals surface area contributed by atoms with E-state index in [1.165, 1.54) is 0 Å². The number of fused-ring (bicyclic) bond motifs is 1. The Morgan fingerprint density at radius 3 is 2.79 bits per heavy atom. The summed E-state index contributed by atoms with van der Waals surface area (Å²) in [6, 6.07) is 11.9. The standard InChI is InChI=1S/C24H29N3O2/c1-4-23-25-16(2)22(26-23)15-27-11-5-6-20(14-27)24(28)19-8-7-18-13-21(29-3)10-9-17(18)12-19/h7-10,12-13,20H,4-6,11,14-15H2,1-3H3,(H,25,26). The number of ether oxygens (including phenoxy) is 1. The van der Waals surface area contributed by atoms with Crippen LogP contribution in [0.3, 0.4) is 0 Å². The number of H-pyrrole nitrogens is 1. The van der Waals surface area contributed by atoms with Crippen molar-refractivity contribution >= 4 is 16.6 Å². The largest absolute Gasteiger partial charge is 0.497 e. The number of aryl methyl sites for hydroxylation is 2. The highest BCUT2D eigenvalue weighted by atomic mass is 16.5. The number of rotatable bonds is 6. The molecule has 1 N–H and O–H groups in total. The summed E-state index contributed by atoms with van der Waals surface area (Å²) >= 11 is 0. The van der Waals surface area contributed by atoms with Crippen molar-refractivity contribution in [2.45, 2.75) is 39.7 Å². The highest BCUT2D eigenvalue weighted by Gasteiger charge is 2.27. The first-order valence-electron chi connectivity index (χ1n) is 10.5. The maximum absolute atomic E-state index is 13.2. The van der Waals surface area contributed by atoms with E-state index in [1.807, 2.05) is 36.4 Å². The van der Waals surface area contributed by atoms with Gasteiger partial charge >= 0.3 is 0 Å². The smallest absolute Gasteiger partial charge is 0.167 e. The number of likely N-dealkylation sites (tertiary alicyclic amines) is 1. The number of imidazole rings is 1. The van der Waals surface area contributed by atoms with Crippen molar-refractivity contribution in [3.05, 3.63) is 59.2 Å². The van der Waals surface area contributed by atoms with Gasteiger partial charge in [0.15, 0.2) is 5.78 Å². The Kier molecular flexibility index (Phi) is 5.67. The second kappa shape index (κ2) is 8.37. The zero-order valence-electron chi connectivity index (χ0n) is 17.5. The quantitative estimate of drug-likeness (QED) is 0.627. The number of Topliss-reactive ketones (excluding diaryl/α,β-unsaturated/α-hetero) is 1. The van der Waals surface area contributed by atoms with Crippen LogP contribution in [0.1, 0.15) is 47.3 Å². The third kappa shape index (κ3) is 4.20. The zero-order valence-corrected chi connectivity index (χ0v) is 17.5. The van der Waals surface area contributed by atoms with Crippen LogP contribution < -0.4 is 4.74 Å². The van der Waals surface area contributed by atoms with Crippen molar-refractivity contribution < 1.29 is 9.53 Å². The van der Waals surface area contributed by atoms with Gasteiger partial charge in [0, 0.05) is 36.7 Å². The predicted molar refractivity (Wildman–Crippen MR) is 116 cm³/mol. The van der Waals surface area contributed by atoms with E-state index in [1.54, 1.807) is 7.11 Å². The average Bonchev–Trinajstić information content (AvgIpc) is 3.12. The number of aromatic nitrogens is 2. The first-order valence-corrected chi connectivity index (χ1v) is 10.5. The topological polar surface area (TPSA) is 58.2 Å². The van der Waals surface area contributed by atoms with E-state index in [9.17, 15) is 4.79 Å². The molecule has 29 heavy (non-hydrogen) atoms. The molecule has 2 aromatic carbocycles. The minimum atomic E-state index is 0.0457. The Bertz CT molecular complexity index is 1020. The van der Waals surface area contributed by atoms with Crippen molar-refractivity contribution in [2.75, 3.05) is 20.2 Å². The molecule has 0 saturated carbocycles. The molecule has 1 aliphatic heterocycles. The van der Waals surface area contributed by atoms with Gasteiger partial charge in [-0.3, -0.25) is 9.69 Å². The lowest BCUT2D eigenvalue weighted by atomic mass is 9.89. The number of carbonyl (C=O) groups is 1. The molecule has 0 aliphatic carbocycles. The lowest BCUT2D eigenvalue weighted by Gasteiger charge is -2.31. The molecule has 0 amide bonds. The van der Waals surface area contributed by atoms with Gasteiger partial charge < -0.3 is 9.72 Å². The molecule has 1 fully saturated rings. The SMILES string of the molecule is CCc1nc(CN2CCCC(C(=O)c3ccc4cc(OC)ccc4c3)C2)c(C)[nH]1. The van der Waals surface area contributed by atoms with Gasteiger partial charge in [-0.2, -0.15) is 0 Å². The first-order chi connectivity index (χ1) is 14.1. The minimum absolute atomic E-state index is 0.0457. The van der Waals surface area contributed by atoms with Gasteiger partial charge in [0.1, 0.15) is 11.6 Å². The van der Waals surface area contributed by atoms with E-state index < -0.39 is 0 Å². The van der Waals surface area contributed by atoms with Gasteiger partial charge in [0.05, 0.1) is 12.8 Å². The monoisotopic (exact) mass is 391 g/mol. The molecule has 0 radical (unpaired) electrons. The molecule has 5 nitrogen and oxygen atoms in total. The second-order valence-corrected chi connectivity index (χ2v) is 7.98. The summed E-state index contributed by atoms with van der Waals surface area (Å²) in [6.45, 7) is 6.82. The normalized spacial score (nSPS) is 17.6. The second-order valence-electron chi connectivity index (χ2n) is 7.98. The first kappa shape index (κ1) is 19.6. The van der Waals surface area contributed by atoms with Gasteiger partial charge in [0.2, 0.25) is 0 Å². The Morgan fingerprint density at radius 2 is 2.03 bits per heavy atom. The fraction of sp³-hybridized carbons (Fsp3) is 0.417. The van der Waals surface area contributed by atoms with Crippen LogP contribution in [0, 0.1) is 12.8 Å². The van der Waals surface area contributed by atoms with Crippen LogP contribution in [0.5, 0.6) is 5.75 Å². The lowest BCUT2D eigenvalue weighted by Crippen LogP contribution is -2.38. The lowest BCUT2D eigenvalue weighted by molar-refractivity contribution is 0.0810. The summed E-state index contributed by atoms with van der Waals surface area (Å²) < 4.78 is 5.29. The number of piperidine rings is 1.